The highest BCUT2D eigenvalue weighted by Gasteiger charge is 2.03. The quantitative estimate of drug-likeness (QED) is 0.617. The van der Waals surface area contributed by atoms with E-state index in [0.29, 0.717) is 0 Å². The lowest BCUT2D eigenvalue weighted by Crippen LogP contribution is -1.88. The Kier molecular flexibility index (Phi) is 4.61. The lowest BCUT2D eigenvalue weighted by Gasteiger charge is -2.08. The van der Waals surface area contributed by atoms with Gasteiger partial charge in [-0.25, -0.2) is 0 Å². The van der Waals surface area contributed by atoms with Gasteiger partial charge in [0.05, 0.1) is 0 Å². The summed E-state index contributed by atoms with van der Waals surface area (Å²) in [4.78, 5) is 0. The molecule has 0 saturated heterocycles. The molecule has 0 aliphatic heterocycles. The molecule has 0 aromatic heterocycles. The zero-order chi connectivity index (χ0) is 12.1. The van der Waals surface area contributed by atoms with Gasteiger partial charge in [0, 0.05) is 4.47 Å². The first kappa shape index (κ1) is 12.6. The highest BCUT2D eigenvalue weighted by molar-refractivity contribution is 9.10. The summed E-state index contributed by atoms with van der Waals surface area (Å²) in [7, 11) is 0. The van der Waals surface area contributed by atoms with Crippen LogP contribution in [0.1, 0.15) is 38.2 Å². The van der Waals surface area contributed by atoms with Crippen LogP contribution in [0.3, 0.4) is 0 Å². The zero-order valence-electron chi connectivity index (χ0n) is 10.4. The fraction of sp³-hybridized carbons (Fsp3) is 0.375. The van der Waals surface area contributed by atoms with Gasteiger partial charge in [-0.05, 0) is 35.2 Å². The molecule has 1 heteroatoms. The summed E-state index contributed by atoms with van der Waals surface area (Å²) >= 11 is 3.62. The molecule has 2 rings (SSSR count). The van der Waals surface area contributed by atoms with Crippen molar-refractivity contribution in [2.45, 2.75) is 39.0 Å². The van der Waals surface area contributed by atoms with E-state index in [2.05, 4.69) is 59.3 Å². The summed E-state index contributed by atoms with van der Waals surface area (Å²) in [6, 6.07) is 13.1. The fourth-order valence-electron chi connectivity index (χ4n) is 2.28. The van der Waals surface area contributed by atoms with Crippen molar-refractivity contribution in [1.82, 2.24) is 0 Å². The molecule has 17 heavy (non-hydrogen) atoms. The fourth-order valence-corrected chi connectivity index (χ4v) is 2.76. The largest absolute Gasteiger partial charge is 0.0654 e. The van der Waals surface area contributed by atoms with Crippen LogP contribution in [0.2, 0.25) is 0 Å². The van der Waals surface area contributed by atoms with E-state index in [1.165, 1.54) is 52.9 Å². The summed E-state index contributed by atoms with van der Waals surface area (Å²) in [6.07, 6.45) is 6.52. The summed E-state index contributed by atoms with van der Waals surface area (Å²) < 4.78 is 1.20. The minimum Gasteiger partial charge on any atom is -0.0654 e. The van der Waals surface area contributed by atoms with Gasteiger partial charge >= 0.3 is 0 Å². The van der Waals surface area contributed by atoms with Gasteiger partial charge in [-0.15, -0.1) is 0 Å². The van der Waals surface area contributed by atoms with E-state index < -0.39 is 0 Å². The summed E-state index contributed by atoms with van der Waals surface area (Å²) in [6.45, 7) is 2.26. The van der Waals surface area contributed by atoms with E-state index in [9.17, 15) is 0 Å². The molecular weight excluding hydrogens is 272 g/mol. The number of unbranched alkanes of at least 4 members (excludes halogenated alkanes) is 3. The monoisotopic (exact) mass is 290 g/mol. The van der Waals surface area contributed by atoms with Gasteiger partial charge in [-0.2, -0.15) is 0 Å². The average Bonchev–Trinajstić information content (AvgIpc) is 2.37. The number of hydrogen-bond acceptors (Lipinski definition) is 0. The third-order valence-corrected chi connectivity index (χ3v) is 3.95. The van der Waals surface area contributed by atoms with Crippen molar-refractivity contribution in [3.63, 3.8) is 0 Å². The van der Waals surface area contributed by atoms with E-state index >= 15 is 0 Å². The Morgan fingerprint density at radius 1 is 0.882 bits per heavy atom. The number of hydrogen-bond donors (Lipinski definition) is 0. The Balaban J connectivity index is 2.20. The highest BCUT2D eigenvalue weighted by Crippen LogP contribution is 2.27. The molecule has 0 radical (unpaired) electrons. The molecule has 0 bridgehead atoms. The molecule has 0 aliphatic carbocycles. The molecule has 0 unspecified atom stereocenters. The van der Waals surface area contributed by atoms with Crippen molar-refractivity contribution in [3.8, 4) is 0 Å². The standard InChI is InChI=1S/C16H19Br/c1-2-3-4-5-8-13-11-12-16(17)15-10-7-6-9-14(13)15/h6-7,9-12H,2-5,8H2,1H3. The molecule has 0 spiro atoms. The highest BCUT2D eigenvalue weighted by atomic mass is 79.9. The number of rotatable bonds is 5. The van der Waals surface area contributed by atoms with Crippen LogP contribution in [-0.2, 0) is 6.42 Å². The van der Waals surface area contributed by atoms with E-state index in [1.807, 2.05) is 0 Å². The van der Waals surface area contributed by atoms with Crippen LogP contribution < -0.4 is 0 Å². The number of fused-ring (bicyclic) bond motifs is 1. The first-order valence-corrected chi connectivity index (χ1v) is 7.28. The lowest BCUT2D eigenvalue weighted by atomic mass is 9.99. The third kappa shape index (κ3) is 3.10. The molecule has 90 valence electrons. The molecule has 0 N–H and O–H groups in total. The molecule has 0 fully saturated rings. The van der Waals surface area contributed by atoms with Crippen molar-refractivity contribution in [2.24, 2.45) is 0 Å². The smallest absolute Gasteiger partial charge is 0.0253 e. The molecule has 0 nitrogen and oxygen atoms in total. The van der Waals surface area contributed by atoms with Gasteiger partial charge in [0.1, 0.15) is 0 Å². The van der Waals surface area contributed by atoms with Gasteiger partial charge in [0.15, 0.2) is 0 Å². The first-order chi connectivity index (χ1) is 8.33. The minimum absolute atomic E-state index is 1.20. The maximum Gasteiger partial charge on any atom is 0.0253 e. The predicted octanol–water partition coefficient (Wildman–Crippen LogP) is 5.73. The van der Waals surface area contributed by atoms with Crippen LogP contribution in [0.15, 0.2) is 40.9 Å². The second-order valence-corrected chi connectivity index (χ2v) is 5.42. The Hall–Kier alpha value is -0.820. The van der Waals surface area contributed by atoms with Gasteiger partial charge in [0.25, 0.3) is 0 Å². The van der Waals surface area contributed by atoms with E-state index in [-0.39, 0.29) is 0 Å². The van der Waals surface area contributed by atoms with E-state index in [1.54, 1.807) is 0 Å². The van der Waals surface area contributed by atoms with Gasteiger partial charge < -0.3 is 0 Å². The molecule has 2 aromatic rings. The van der Waals surface area contributed by atoms with Crippen LogP contribution in [-0.4, -0.2) is 0 Å². The summed E-state index contributed by atoms with van der Waals surface area (Å²) in [5.41, 5.74) is 1.49. The number of halogens is 1. The first-order valence-electron chi connectivity index (χ1n) is 6.49. The van der Waals surface area contributed by atoms with Crippen LogP contribution in [0.4, 0.5) is 0 Å². The maximum atomic E-state index is 3.62. The SMILES string of the molecule is CCCCCCc1ccc(Br)c2ccccc12. The number of aryl methyl sites for hydroxylation is 1. The van der Waals surface area contributed by atoms with Crippen molar-refractivity contribution in [2.75, 3.05) is 0 Å². The zero-order valence-corrected chi connectivity index (χ0v) is 12.0. The molecule has 0 amide bonds. The summed E-state index contributed by atoms with van der Waals surface area (Å²) in [5.74, 6) is 0. The number of benzene rings is 2. The molecule has 0 heterocycles. The van der Waals surface area contributed by atoms with Gasteiger partial charge in [-0.3, -0.25) is 0 Å². The second kappa shape index (κ2) is 6.20. The molecule has 0 atom stereocenters. The van der Waals surface area contributed by atoms with Crippen molar-refractivity contribution in [3.05, 3.63) is 46.4 Å². The van der Waals surface area contributed by atoms with Crippen LogP contribution in [0.5, 0.6) is 0 Å². The lowest BCUT2D eigenvalue weighted by molar-refractivity contribution is 0.668. The van der Waals surface area contributed by atoms with Crippen LogP contribution in [0.25, 0.3) is 10.8 Å². The molecular formula is C16H19Br. The van der Waals surface area contributed by atoms with Crippen LogP contribution in [0, 0.1) is 0 Å². The maximum absolute atomic E-state index is 3.62. The van der Waals surface area contributed by atoms with Crippen molar-refractivity contribution >= 4 is 26.7 Å². The Bertz CT molecular complexity index is 488. The van der Waals surface area contributed by atoms with Crippen LogP contribution >= 0.6 is 15.9 Å². The molecule has 0 saturated carbocycles. The van der Waals surface area contributed by atoms with Gasteiger partial charge in [-0.1, -0.05) is 72.4 Å². The summed E-state index contributed by atoms with van der Waals surface area (Å²) in [5, 5.41) is 2.74. The minimum atomic E-state index is 1.20. The predicted molar refractivity (Wildman–Crippen MR) is 79.5 cm³/mol. The van der Waals surface area contributed by atoms with E-state index in [0.717, 1.165) is 0 Å². The van der Waals surface area contributed by atoms with E-state index in [4.69, 9.17) is 0 Å². The third-order valence-electron chi connectivity index (χ3n) is 3.26. The molecule has 2 aromatic carbocycles. The van der Waals surface area contributed by atoms with Crippen molar-refractivity contribution in [1.29, 1.82) is 0 Å². The van der Waals surface area contributed by atoms with Crippen molar-refractivity contribution < 1.29 is 0 Å². The van der Waals surface area contributed by atoms with Gasteiger partial charge in [0.2, 0.25) is 0 Å². The Morgan fingerprint density at radius 2 is 1.65 bits per heavy atom. The average molecular weight is 291 g/mol. The Morgan fingerprint density at radius 3 is 2.41 bits per heavy atom. The topological polar surface area (TPSA) is 0 Å². The molecule has 0 aliphatic rings. The Labute approximate surface area is 112 Å². The second-order valence-electron chi connectivity index (χ2n) is 4.56. The normalized spacial score (nSPS) is 10.9.